The lowest BCUT2D eigenvalue weighted by molar-refractivity contribution is -0.143. The number of urea groups is 1. The van der Waals surface area contributed by atoms with E-state index in [0.29, 0.717) is 6.61 Å². The lowest BCUT2D eigenvalue weighted by Gasteiger charge is -2.21. The zero-order valence-corrected chi connectivity index (χ0v) is 11.0. The molecule has 2 rings (SSSR count). The largest absolute Gasteiger partial charge is 0.465 e. The van der Waals surface area contributed by atoms with Crippen LogP contribution in [0.3, 0.4) is 0 Å². The highest BCUT2D eigenvalue weighted by Crippen LogP contribution is 2.27. The molecule has 19 heavy (non-hydrogen) atoms. The zero-order chi connectivity index (χ0) is 13.7. The molecule has 1 aliphatic carbocycles. The quantitative estimate of drug-likeness (QED) is 0.828. The Bertz CT molecular complexity index is 443. The lowest BCUT2D eigenvalue weighted by atomic mass is 10.3. The molecule has 1 fully saturated rings. The molecular formula is C14H18N2O3. The van der Waals surface area contributed by atoms with Gasteiger partial charge in [-0.05, 0) is 31.9 Å². The summed E-state index contributed by atoms with van der Waals surface area (Å²) < 4.78 is 4.89. The normalized spacial score (nSPS) is 13.7. The number of ether oxygens (including phenoxy) is 1. The van der Waals surface area contributed by atoms with Gasteiger partial charge in [-0.2, -0.15) is 0 Å². The standard InChI is InChI=1S/C14H18N2O3/c1-2-19-13(17)10-16(12-8-9-12)14(18)15-11-6-4-3-5-7-11/h3-7,12H,2,8-10H2,1H3,(H,15,18). The van der Waals surface area contributed by atoms with Gasteiger partial charge < -0.3 is 15.0 Å². The molecule has 1 saturated carbocycles. The number of amides is 2. The van der Waals surface area contributed by atoms with Crippen LogP contribution in [0.5, 0.6) is 0 Å². The Labute approximate surface area is 112 Å². The fourth-order valence-electron chi connectivity index (χ4n) is 1.82. The SMILES string of the molecule is CCOC(=O)CN(C(=O)Nc1ccccc1)C1CC1. The number of carbonyl (C=O) groups excluding carboxylic acids is 2. The van der Waals surface area contributed by atoms with Crippen LogP contribution >= 0.6 is 0 Å². The van der Waals surface area contributed by atoms with Crippen LogP contribution in [-0.4, -0.2) is 36.1 Å². The fourth-order valence-corrected chi connectivity index (χ4v) is 1.82. The maximum absolute atomic E-state index is 12.1. The Morgan fingerprint density at radius 3 is 2.58 bits per heavy atom. The topological polar surface area (TPSA) is 58.6 Å². The summed E-state index contributed by atoms with van der Waals surface area (Å²) in [5.74, 6) is -0.363. The van der Waals surface area contributed by atoms with E-state index in [4.69, 9.17) is 4.74 Å². The summed E-state index contributed by atoms with van der Waals surface area (Å²) in [4.78, 5) is 25.2. The van der Waals surface area contributed by atoms with Crippen LogP contribution < -0.4 is 5.32 Å². The predicted octanol–water partition coefficient (Wildman–Crippen LogP) is 2.25. The van der Waals surface area contributed by atoms with Gasteiger partial charge in [0.2, 0.25) is 0 Å². The number of hydrogen-bond donors (Lipinski definition) is 1. The molecule has 102 valence electrons. The van der Waals surface area contributed by atoms with Gasteiger partial charge in [-0.15, -0.1) is 0 Å². The van der Waals surface area contributed by atoms with Crippen molar-refractivity contribution in [2.45, 2.75) is 25.8 Å². The predicted molar refractivity (Wildman–Crippen MR) is 71.8 cm³/mol. The summed E-state index contributed by atoms with van der Waals surface area (Å²) in [6.07, 6.45) is 1.89. The maximum atomic E-state index is 12.1. The van der Waals surface area contributed by atoms with Crippen LogP contribution in [-0.2, 0) is 9.53 Å². The number of para-hydroxylation sites is 1. The summed E-state index contributed by atoms with van der Waals surface area (Å²) in [6, 6.07) is 9.12. The Morgan fingerprint density at radius 2 is 2.00 bits per heavy atom. The van der Waals surface area contributed by atoms with E-state index in [9.17, 15) is 9.59 Å². The number of rotatable bonds is 5. The first-order valence-electron chi connectivity index (χ1n) is 6.49. The van der Waals surface area contributed by atoms with Gasteiger partial charge in [0.25, 0.3) is 0 Å². The number of nitrogens with one attached hydrogen (secondary N) is 1. The monoisotopic (exact) mass is 262 g/mol. The molecule has 2 amide bonds. The molecule has 0 heterocycles. The smallest absolute Gasteiger partial charge is 0.325 e. The van der Waals surface area contributed by atoms with Crippen LogP contribution in [0.1, 0.15) is 19.8 Å². The highest BCUT2D eigenvalue weighted by Gasteiger charge is 2.34. The van der Waals surface area contributed by atoms with E-state index in [2.05, 4.69) is 5.32 Å². The van der Waals surface area contributed by atoms with E-state index >= 15 is 0 Å². The van der Waals surface area contributed by atoms with E-state index < -0.39 is 0 Å². The third kappa shape index (κ3) is 3.98. The number of nitrogens with zero attached hydrogens (tertiary/aromatic N) is 1. The van der Waals surface area contributed by atoms with Crippen LogP contribution in [0.25, 0.3) is 0 Å². The van der Waals surface area contributed by atoms with Crippen molar-refractivity contribution in [2.75, 3.05) is 18.5 Å². The first kappa shape index (κ1) is 13.4. The lowest BCUT2D eigenvalue weighted by Crippen LogP contribution is -2.40. The highest BCUT2D eigenvalue weighted by atomic mass is 16.5. The summed E-state index contributed by atoms with van der Waals surface area (Å²) >= 11 is 0. The zero-order valence-electron chi connectivity index (χ0n) is 11.0. The van der Waals surface area contributed by atoms with E-state index in [1.807, 2.05) is 30.3 Å². The van der Waals surface area contributed by atoms with Gasteiger partial charge in [0.15, 0.2) is 0 Å². The van der Waals surface area contributed by atoms with Crippen molar-refractivity contribution in [1.82, 2.24) is 4.90 Å². The van der Waals surface area contributed by atoms with Gasteiger partial charge in [0.05, 0.1) is 6.61 Å². The minimum atomic E-state index is -0.363. The summed E-state index contributed by atoms with van der Waals surface area (Å²) in [5.41, 5.74) is 0.724. The number of benzene rings is 1. The molecule has 0 aromatic heterocycles. The van der Waals surface area contributed by atoms with E-state index in [1.54, 1.807) is 11.8 Å². The Balaban J connectivity index is 1.95. The van der Waals surface area contributed by atoms with Crippen LogP contribution in [0.4, 0.5) is 10.5 Å². The van der Waals surface area contributed by atoms with Crippen LogP contribution in [0.15, 0.2) is 30.3 Å². The van der Waals surface area contributed by atoms with Gasteiger partial charge in [-0.3, -0.25) is 4.79 Å². The van der Waals surface area contributed by atoms with Gasteiger partial charge in [-0.1, -0.05) is 18.2 Å². The number of esters is 1. The second-order valence-corrected chi connectivity index (χ2v) is 4.46. The summed E-state index contributed by atoms with van der Waals surface area (Å²) in [7, 11) is 0. The second-order valence-electron chi connectivity index (χ2n) is 4.46. The molecule has 1 N–H and O–H groups in total. The highest BCUT2D eigenvalue weighted by molar-refractivity contribution is 5.91. The van der Waals surface area contributed by atoms with Crippen molar-refractivity contribution in [1.29, 1.82) is 0 Å². The van der Waals surface area contributed by atoms with Crippen molar-refractivity contribution in [3.8, 4) is 0 Å². The van der Waals surface area contributed by atoms with Crippen molar-refractivity contribution in [2.24, 2.45) is 0 Å². The van der Waals surface area contributed by atoms with Crippen LogP contribution in [0.2, 0.25) is 0 Å². The molecule has 1 aromatic rings. The molecule has 0 spiro atoms. The molecule has 0 bridgehead atoms. The third-order valence-corrected chi connectivity index (χ3v) is 2.88. The molecule has 0 unspecified atom stereocenters. The Morgan fingerprint density at radius 1 is 1.32 bits per heavy atom. The van der Waals surface area contributed by atoms with Gasteiger partial charge in [-0.25, -0.2) is 4.79 Å². The van der Waals surface area contributed by atoms with E-state index in [1.165, 1.54) is 0 Å². The fraction of sp³-hybridized carbons (Fsp3) is 0.429. The molecule has 5 nitrogen and oxygen atoms in total. The molecule has 0 atom stereocenters. The summed E-state index contributed by atoms with van der Waals surface area (Å²) in [5, 5.41) is 2.79. The van der Waals surface area contributed by atoms with Gasteiger partial charge in [0, 0.05) is 11.7 Å². The minimum Gasteiger partial charge on any atom is -0.465 e. The molecule has 0 saturated heterocycles. The van der Waals surface area contributed by atoms with E-state index in [0.717, 1.165) is 18.5 Å². The van der Waals surface area contributed by atoms with Gasteiger partial charge in [0.1, 0.15) is 6.54 Å². The molecule has 5 heteroatoms. The van der Waals surface area contributed by atoms with Crippen molar-refractivity contribution in [3.05, 3.63) is 30.3 Å². The average molecular weight is 262 g/mol. The Kier molecular flexibility index (Phi) is 4.39. The third-order valence-electron chi connectivity index (χ3n) is 2.88. The van der Waals surface area contributed by atoms with E-state index in [-0.39, 0.29) is 24.6 Å². The average Bonchev–Trinajstić information content (AvgIpc) is 3.21. The number of anilines is 1. The van der Waals surface area contributed by atoms with Gasteiger partial charge >= 0.3 is 12.0 Å². The van der Waals surface area contributed by atoms with Crippen molar-refractivity contribution >= 4 is 17.7 Å². The molecule has 0 radical (unpaired) electrons. The maximum Gasteiger partial charge on any atom is 0.325 e. The first-order chi connectivity index (χ1) is 9.20. The van der Waals surface area contributed by atoms with Crippen LogP contribution in [0, 0.1) is 0 Å². The van der Waals surface area contributed by atoms with Crippen molar-refractivity contribution < 1.29 is 14.3 Å². The van der Waals surface area contributed by atoms with Crippen molar-refractivity contribution in [3.63, 3.8) is 0 Å². The molecule has 1 aromatic carbocycles. The Hall–Kier alpha value is -2.04. The second kappa shape index (κ2) is 6.22. The molecule has 1 aliphatic rings. The first-order valence-corrected chi connectivity index (χ1v) is 6.49. The number of hydrogen-bond acceptors (Lipinski definition) is 3. The molecular weight excluding hydrogens is 244 g/mol. The minimum absolute atomic E-state index is 0.0111. The number of carbonyl (C=O) groups is 2. The molecule has 0 aliphatic heterocycles. The summed E-state index contributed by atoms with van der Waals surface area (Å²) in [6.45, 7) is 2.10.